The monoisotopic (exact) mass is 557 g/mol. The van der Waals surface area contributed by atoms with Crippen LogP contribution in [0.15, 0.2) is 53.4 Å². The van der Waals surface area contributed by atoms with E-state index in [1.165, 1.54) is 44.2 Å². The molecule has 214 valence electrons. The molecule has 9 heteroatoms. The van der Waals surface area contributed by atoms with Crippen molar-refractivity contribution in [1.82, 2.24) is 9.80 Å². The van der Waals surface area contributed by atoms with Gasteiger partial charge in [0.2, 0.25) is 5.91 Å². The molecule has 8 nitrogen and oxygen atoms in total. The fourth-order valence-electron chi connectivity index (χ4n) is 5.72. The van der Waals surface area contributed by atoms with Crippen molar-refractivity contribution in [3.63, 3.8) is 0 Å². The van der Waals surface area contributed by atoms with Gasteiger partial charge in [0.25, 0.3) is 10.0 Å². The van der Waals surface area contributed by atoms with Crippen molar-refractivity contribution in [3.8, 4) is 5.75 Å². The number of benzene rings is 2. The molecule has 2 aliphatic rings. The molecule has 1 amide bonds. The Kier molecular flexibility index (Phi) is 9.91. The predicted molar refractivity (Wildman–Crippen MR) is 153 cm³/mol. The molecule has 1 aliphatic heterocycles. The van der Waals surface area contributed by atoms with E-state index in [1.54, 1.807) is 41.3 Å². The van der Waals surface area contributed by atoms with Crippen molar-refractivity contribution >= 4 is 21.6 Å². The second kappa shape index (κ2) is 13.2. The Bertz CT molecular complexity index is 1200. The van der Waals surface area contributed by atoms with Gasteiger partial charge in [-0.05, 0) is 63.1 Å². The molecule has 1 fully saturated rings. The highest BCUT2D eigenvalue weighted by Gasteiger charge is 2.31. The molecule has 0 bridgehead atoms. The van der Waals surface area contributed by atoms with E-state index in [9.17, 15) is 18.3 Å². The first-order valence-corrected chi connectivity index (χ1v) is 15.6. The summed E-state index contributed by atoms with van der Waals surface area (Å²) in [6, 6.07) is 13.0. The quantitative estimate of drug-likeness (QED) is 0.481. The van der Waals surface area contributed by atoms with E-state index in [1.807, 2.05) is 6.92 Å². The smallest absolute Gasteiger partial charge is 0.261 e. The number of fused-ring (bicyclic) bond motifs is 1. The summed E-state index contributed by atoms with van der Waals surface area (Å²) in [6.07, 6.45) is 6.35. The molecule has 1 saturated carbocycles. The molecule has 39 heavy (non-hydrogen) atoms. The summed E-state index contributed by atoms with van der Waals surface area (Å²) in [5.74, 6) is 1.20. The zero-order chi connectivity index (χ0) is 28.0. The fraction of sp³-hybridized carbons (Fsp3) is 0.567. The van der Waals surface area contributed by atoms with Gasteiger partial charge in [-0.25, -0.2) is 8.42 Å². The van der Waals surface area contributed by atoms with Crippen LogP contribution in [0.1, 0.15) is 51.5 Å². The van der Waals surface area contributed by atoms with Crippen molar-refractivity contribution in [2.45, 2.75) is 69.4 Å². The van der Waals surface area contributed by atoms with Crippen molar-refractivity contribution in [2.24, 2.45) is 11.8 Å². The first-order chi connectivity index (χ1) is 18.7. The summed E-state index contributed by atoms with van der Waals surface area (Å²) in [6.45, 7) is 6.03. The highest BCUT2D eigenvalue weighted by atomic mass is 32.2. The lowest BCUT2D eigenvalue weighted by molar-refractivity contribution is -0.134. The molecule has 3 atom stereocenters. The molecule has 4 rings (SSSR count). The Morgan fingerprint density at radius 2 is 1.82 bits per heavy atom. The van der Waals surface area contributed by atoms with E-state index in [-0.39, 0.29) is 41.9 Å². The van der Waals surface area contributed by atoms with E-state index < -0.39 is 10.0 Å². The fourth-order valence-corrected chi connectivity index (χ4v) is 6.79. The minimum atomic E-state index is -3.78. The van der Waals surface area contributed by atoms with E-state index in [0.717, 1.165) is 13.1 Å². The number of aliphatic hydroxyl groups is 1. The number of anilines is 1. The van der Waals surface area contributed by atoms with Gasteiger partial charge in [0.15, 0.2) is 0 Å². The van der Waals surface area contributed by atoms with Gasteiger partial charge in [0.1, 0.15) is 11.9 Å². The number of carbonyl (C=O) groups is 1. The first kappa shape index (κ1) is 29.4. The maximum Gasteiger partial charge on any atom is 0.261 e. The molecule has 2 aromatic carbocycles. The van der Waals surface area contributed by atoms with Gasteiger partial charge in [-0.1, -0.05) is 44.4 Å². The van der Waals surface area contributed by atoms with Gasteiger partial charge in [-0.3, -0.25) is 9.52 Å². The highest BCUT2D eigenvalue weighted by molar-refractivity contribution is 7.92. The van der Waals surface area contributed by atoms with E-state index in [2.05, 4.69) is 23.6 Å². The first-order valence-electron chi connectivity index (χ1n) is 14.1. The minimum absolute atomic E-state index is 0.0268. The Morgan fingerprint density at radius 1 is 1.10 bits per heavy atom. The molecular formula is C30H43N3O5S. The molecule has 2 N–H and O–H groups in total. The number of hydrogen-bond donors (Lipinski definition) is 2. The number of aliphatic hydroxyl groups excluding tert-OH is 1. The van der Waals surface area contributed by atoms with Crippen LogP contribution in [-0.4, -0.2) is 74.7 Å². The number of nitrogens with one attached hydrogen (secondary N) is 1. The number of carbonyl (C=O) groups excluding carboxylic acids is 1. The lowest BCUT2D eigenvalue weighted by Gasteiger charge is -2.35. The van der Waals surface area contributed by atoms with Crippen LogP contribution < -0.4 is 9.46 Å². The molecule has 0 spiro atoms. The Balaban J connectivity index is 1.60. The second-order valence-electron chi connectivity index (χ2n) is 11.4. The average Bonchev–Trinajstić information content (AvgIpc) is 2.96. The Hall–Kier alpha value is -2.62. The molecule has 0 aromatic heterocycles. The third-order valence-electron chi connectivity index (χ3n) is 8.01. The van der Waals surface area contributed by atoms with Crippen molar-refractivity contribution < 1.29 is 23.1 Å². The Morgan fingerprint density at radius 3 is 2.51 bits per heavy atom. The average molecular weight is 558 g/mol. The van der Waals surface area contributed by atoms with Crippen LogP contribution in [0, 0.1) is 11.8 Å². The van der Waals surface area contributed by atoms with Gasteiger partial charge in [0, 0.05) is 36.8 Å². The number of amides is 1. The molecule has 1 heterocycles. The molecule has 0 saturated heterocycles. The number of rotatable bonds is 9. The molecular weight excluding hydrogens is 514 g/mol. The topological polar surface area (TPSA) is 99.2 Å². The van der Waals surface area contributed by atoms with Crippen LogP contribution in [0.3, 0.4) is 0 Å². The van der Waals surface area contributed by atoms with E-state index >= 15 is 0 Å². The standard InChI is InChI=1S/C30H43N3O5S/c1-22-18-33(23(2)21-34)30(35)17-25-16-26(31-39(36,37)27-12-8-5-9-13-27)14-15-28(25)38-29(22)20-32(3)19-24-10-6-4-7-11-24/h5,8-9,12-16,22-24,29,31,34H,4,6-7,10-11,17-21H2,1-3H3/t22-,23-,29+/m1/s1. The molecule has 0 radical (unpaired) electrons. The van der Waals surface area contributed by atoms with Gasteiger partial charge in [0.05, 0.1) is 24.0 Å². The van der Waals surface area contributed by atoms with Crippen LogP contribution in [-0.2, 0) is 21.2 Å². The van der Waals surface area contributed by atoms with Crippen LogP contribution in [0.2, 0.25) is 0 Å². The van der Waals surface area contributed by atoms with Crippen LogP contribution in [0.5, 0.6) is 5.75 Å². The van der Waals surface area contributed by atoms with E-state index in [0.29, 0.717) is 29.5 Å². The largest absolute Gasteiger partial charge is 0.488 e. The highest BCUT2D eigenvalue weighted by Crippen LogP contribution is 2.31. The van der Waals surface area contributed by atoms with Crippen molar-refractivity contribution in [3.05, 3.63) is 54.1 Å². The zero-order valence-electron chi connectivity index (χ0n) is 23.4. The Labute approximate surface area is 233 Å². The van der Waals surface area contributed by atoms with Gasteiger partial charge >= 0.3 is 0 Å². The van der Waals surface area contributed by atoms with Crippen LogP contribution >= 0.6 is 0 Å². The zero-order valence-corrected chi connectivity index (χ0v) is 24.2. The van der Waals surface area contributed by atoms with Crippen LogP contribution in [0.4, 0.5) is 5.69 Å². The molecule has 1 aliphatic carbocycles. The molecule has 0 unspecified atom stereocenters. The number of hydrogen-bond acceptors (Lipinski definition) is 6. The lowest BCUT2D eigenvalue weighted by Crippen LogP contribution is -2.48. The van der Waals surface area contributed by atoms with Gasteiger partial charge < -0.3 is 19.6 Å². The summed E-state index contributed by atoms with van der Waals surface area (Å²) in [5, 5.41) is 9.88. The van der Waals surface area contributed by atoms with Crippen molar-refractivity contribution in [2.75, 3.05) is 38.0 Å². The summed E-state index contributed by atoms with van der Waals surface area (Å²) < 4.78 is 35.1. The number of nitrogens with zero attached hydrogens (tertiary/aromatic N) is 2. The van der Waals surface area contributed by atoms with E-state index in [4.69, 9.17) is 4.74 Å². The van der Waals surface area contributed by atoms with Crippen molar-refractivity contribution in [1.29, 1.82) is 0 Å². The second-order valence-corrected chi connectivity index (χ2v) is 13.0. The minimum Gasteiger partial charge on any atom is -0.488 e. The van der Waals surface area contributed by atoms with Gasteiger partial charge in [-0.15, -0.1) is 0 Å². The third-order valence-corrected chi connectivity index (χ3v) is 9.41. The molecule has 2 aromatic rings. The summed E-state index contributed by atoms with van der Waals surface area (Å²) in [5.41, 5.74) is 0.992. The summed E-state index contributed by atoms with van der Waals surface area (Å²) >= 11 is 0. The normalized spacial score (nSPS) is 21.9. The number of likely N-dealkylation sites (N-methyl/N-ethyl adjacent to an activating group) is 1. The lowest BCUT2D eigenvalue weighted by atomic mass is 9.89. The SMILES string of the molecule is C[C@@H]1CN([C@H](C)CO)C(=O)Cc2cc(NS(=O)(=O)c3ccccc3)ccc2O[C@H]1CN(C)CC1CCCCC1. The summed E-state index contributed by atoms with van der Waals surface area (Å²) in [4.78, 5) is 17.7. The maximum absolute atomic E-state index is 13.4. The predicted octanol–water partition coefficient (Wildman–Crippen LogP) is 4.15. The van der Waals surface area contributed by atoms with Crippen LogP contribution in [0.25, 0.3) is 0 Å². The third kappa shape index (κ3) is 7.74. The summed E-state index contributed by atoms with van der Waals surface area (Å²) in [7, 11) is -1.64. The number of sulfonamides is 1. The maximum atomic E-state index is 13.4. The van der Waals surface area contributed by atoms with Gasteiger partial charge in [-0.2, -0.15) is 0 Å². The number of ether oxygens (including phenoxy) is 1.